The molecule has 3 rings (SSSR count). The first-order chi connectivity index (χ1) is 13.1. The molecule has 0 amide bonds. The molecule has 2 aromatic rings. The van der Waals surface area contributed by atoms with E-state index in [4.69, 9.17) is 14.6 Å². The summed E-state index contributed by atoms with van der Waals surface area (Å²) in [6, 6.07) is 14.7. The summed E-state index contributed by atoms with van der Waals surface area (Å²) in [5.74, 6) is -0.0161. The van der Waals surface area contributed by atoms with Crippen LogP contribution in [0.1, 0.15) is 42.7 Å². The van der Waals surface area contributed by atoms with Crippen LogP contribution < -0.4 is 4.74 Å². The predicted octanol–water partition coefficient (Wildman–Crippen LogP) is 4.57. The maximum absolute atomic E-state index is 13.0. The van der Waals surface area contributed by atoms with Gasteiger partial charge in [-0.2, -0.15) is 0 Å². The van der Waals surface area contributed by atoms with Crippen molar-refractivity contribution in [2.45, 2.75) is 44.1 Å². The normalized spacial score (nSPS) is 19.6. The molecule has 1 aliphatic rings. The molecule has 1 fully saturated rings. The zero-order valence-corrected chi connectivity index (χ0v) is 15.3. The van der Waals surface area contributed by atoms with Gasteiger partial charge in [-0.1, -0.05) is 24.3 Å². The van der Waals surface area contributed by atoms with Crippen LogP contribution in [-0.4, -0.2) is 30.4 Å². The Balaban J connectivity index is 1.51. The quantitative estimate of drug-likeness (QED) is 0.690. The highest BCUT2D eigenvalue weighted by Gasteiger charge is 2.24. The van der Waals surface area contributed by atoms with E-state index in [1.54, 1.807) is 12.1 Å². The zero-order chi connectivity index (χ0) is 19.1. The van der Waals surface area contributed by atoms with E-state index in [0.717, 1.165) is 37.0 Å². The highest BCUT2D eigenvalue weighted by Crippen LogP contribution is 2.35. The van der Waals surface area contributed by atoms with Gasteiger partial charge in [0.05, 0.1) is 12.7 Å². The Bertz CT molecular complexity index is 727. The summed E-state index contributed by atoms with van der Waals surface area (Å²) in [6.45, 7) is 0.151. The molecule has 144 valence electrons. The molecule has 0 saturated heterocycles. The van der Waals surface area contributed by atoms with E-state index in [2.05, 4.69) is 24.3 Å². The van der Waals surface area contributed by atoms with Crippen molar-refractivity contribution in [1.82, 2.24) is 0 Å². The second-order valence-corrected chi connectivity index (χ2v) is 7.00. The summed E-state index contributed by atoms with van der Waals surface area (Å²) in [4.78, 5) is 10.4. The smallest absolute Gasteiger partial charge is 0.329 e. The molecule has 4 nitrogen and oxygen atoms in total. The Morgan fingerprint density at radius 1 is 1.07 bits per heavy atom. The third kappa shape index (κ3) is 6.07. The maximum atomic E-state index is 13.0. The summed E-state index contributed by atoms with van der Waals surface area (Å²) >= 11 is 0. The highest BCUT2D eigenvalue weighted by atomic mass is 19.1. The van der Waals surface area contributed by atoms with E-state index >= 15 is 0 Å². The first kappa shape index (κ1) is 19.4. The molecule has 0 aliphatic heterocycles. The van der Waals surface area contributed by atoms with Crippen molar-refractivity contribution in [1.29, 1.82) is 0 Å². The van der Waals surface area contributed by atoms with Crippen molar-refractivity contribution in [3.63, 3.8) is 0 Å². The Hall–Kier alpha value is -2.40. The van der Waals surface area contributed by atoms with E-state index in [1.165, 1.54) is 17.7 Å². The van der Waals surface area contributed by atoms with Crippen LogP contribution in [0.2, 0.25) is 0 Å². The van der Waals surface area contributed by atoms with Gasteiger partial charge in [-0.3, -0.25) is 0 Å². The molecule has 2 unspecified atom stereocenters. The zero-order valence-electron chi connectivity index (χ0n) is 15.3. The largest absolute Gasteiger partial charge is 0.490 e. The standard InChI is InChI=1S/C22H25FO4/c23-19-8-10-20(11-9-19)27-21-3-1-2-18(14-21)17-6-4-16(5-7-17)12-13-26-15-22(24)25/h4-11,18,21H,1-3,12-15H2,(H,24,25). The lowest BCUT2D eigenvalue weighted by Crippen LogP contribution is -2.24. The molecular formula is C22H25FO4. The minimum atomic E-state index is -0.944. The third-order valence-electron chi connectivity index (χ3n) is 4.95. The van der Waals surface area contributed by atoms with Crippen LogP contribution >= 0.6 is 0 Å². The first-order valence-corrected chi connectivity index (χ1v) is 9.41. The van der Waals surface area contributed by atoms with Crippen molar-refractivity contribution in [2.75, 3.05) is 13.2 Å². The molecule has 1 N–H and O–H groups in total. The van der Waals surface area contributed by atoms with E-state index in [9.17, 15) is 9.18 Å². The minimum Gasteiger partial charge on any atom is -0.490 e. The number of carboxylic acid groups (broad SMARTS) is 1. The summed E-state index contributed by atoms with van der Waals surface area (Å²) in [5, 5.41) is 8.57. The molecule has 27 heavy (non-hydrogen) atoms. The second-order valence-electron chi connectivity index (χ2n) is 7.00. The third-order valence-corrected chi connectivity index (χ3v) is 4.95. The van der Waals surface area contributed by atoms with Crippen LogP contribution in [0.5, 0.6) is 5.75 Å². The van der Waals surface area contributed by atoms with E-state index in [1.807, 2.05) is 0 Å². The number of rotatable bonds is 8. The van der Waals surface area contributed by atoms with Crippen LogP contribution in [-0.2, 0) is 16.0 Å². The predicted molar refractivity (Wildman–Crippen MR) is 101 cm³/mol. The van der Waals surface area contributed by atoms with Gasteiger partial charge in [-0.05, 0) is 73.4 Å². The van der Waals surface area contributed by atoms with Crippen molar-refractivity contribution in [3.8, 4) is 5.75 Å². The molecule has 0 aromatic heterocycles. The van der Waals surface area contributed by atoms with Crippen molar-refractivity contribution >= 4 is 5.97 Å². The minimum absolute atomic E-state index is 0.151. The number of benzene rings is 2. The Kier molecular flexibility index (Phi) is 6.82. The fourth-order valence-corrected chi connectivity index (χ4v) is 3.57. The molecule has 0 heterocycles. The lowest BCUT2D eigenvalue weighted by Gasteiger charge is -2.30. The number of hydrogen-bond acceptors (Lipinski definition) is 3. The Labute approximate surface area is 158 Å². The van der Waals surface area contributed by atoms with Crippen molar-refractivity contribution in [3.05, 3.63) is 65.5 Å². The Morgan fingerprint density at radius 2 is 1.81 bits per heavy atom. The number of aliphatic carboxylic acids is 1. The maximum Gasteiger partial charge on any atom is 0.329 e. The molecule has 1 saturated carbocycles. The fourth-order valence-electron chi connectivity index (χ4n) is 3.57. The van der Waals surface area contributed by atoms with Gasteiger partial charge in [-0.25, -0.2) is 9.18 Å². The summed E-state index contributed by atoms with van der Waals surface area (Å²) in [6.07, 6.45) is 5.09. The molecule has 0 spiro atoms. The fraction of sp³-hybridized carbons (Fsp3) is 0.409. The molecular weight excluding hydrogens is 347 g/mol. The second kappa shape index (κ2) is 9.51. The molecule has 1 aliphatic carbocycles. The van der Waals surface area contributed by atoms with Gasteiger partial charge in [0.15, 0.2) is 0 Å². The van der Waals surface area contributed by atoms with Gasteiger partial charge >= 0.3 is 5.97 Å². The van der Waals surface area contributed by atoms with Gasteiger partial charge in [0.25, 0.3) is 0 Å². The van der Waals surface area contributed by atoms with Crippen LogP contribution in [0.4, 0.5) is 4.39 Å². The van der Waals surface area contributed by atoms with Gasteiger partial charge < -0.3 is 14.6 Å². The highest BCUT2D eigenvalue weighted by molar-refractivity contribution is 5.67. The Morgan fingerprint density at radius 3 is 2.52 bits per heavy atom. The van der Waals surface area contributed by atoms with Gasteiger partial charge in [0, 0.05) is 0 Å². The van der Waals surface area contributed by atoms with E-state index in [0.29, 0.717) is 18.9 Å². The lowest BCUT2D eigenvalue weighted by atomic mass is 9.82. The topological polar surface area (TPSA) is 55.8 Å². The van der Waals surface area contributed by atoms with Gasteiger partial charge in [0.2, 0.25) is 0 Å². The number of carbonyl (C=O) groups is 1. The van der Waals surface area contributed by atoms with Crippen LogP contribution in [0, 0.1) is 5.82 Å². The summed E-state index contributed by atoms with van der Waals surface area (Å²) in [7, 11) is 0. The van der Waals surface area contributed by atoms with Crippen molar-refractivity contribution in [2.24, 2.45) is 0 Å². The van der Waals surface area contributed by atoms with E-state index < -0.39 is 5.97 Å². The number of carboxylic acids is 1. The first-order valence-electron chi connectivity index (χ1n) is 9.41. The molecule has 2 aromatic carbocycles. The average Bonchev–Trinajstić information content (AvgIpc) is 2.68. The average molecular weight is 372 g/mol. The lowest BCUT2D eigenvalue weighted by molar-refractivity contribution is -0.142. The van der Waals surface area contributed by atoms with Gasteiger partial charge in [-0.15, -0.1) is 0 Å². The molecule has 0 radical (unpaired) electrons. The van der Waals surface area contributed by atoms with Crippen molar-refractivity contribution < 1.29 is 23.8 Å². The van der Waals surface area contributed by atoms with Crippen LogP contribution in [0.15, 0.2) is 48.5 Å². The summed E-state index contributed by atoms with van der Waals surface area (Å²) in [5.41, 5.74) is 2.44. The molecule has 5 heteroatoms. The summed E-state index contributed by atoms with van der Waals surface area (Å²) < 4.78 is 24.1. The number of ether oxygens (including phenoxy) is 2. The molecule has 2 atom stereocenters. The molecule has 0 bridgehead atoms. The monoisotopic (exact) mass is 372 g/mol. The van der Waals surface area contributed by atoms with Gasteiger partial charge in [0.1, 0.15) is 18.2 Å². The van der Waals surface area contributed by atoms with E-state index in [-0.39, 0.29) is 18.5 Å². The van der Waals surface area contributed by atoms with Crippen LogP contribution in [0.3, 0.4) is 0 Å². The number of hydrogen-bond donors (Lipinski definition) is 1. The number of halogens is 1. The van der Waals surface area contributed by atoms with Crippen LogP contribution in [0.25, 0.3) is 0 Å². The SMILES string of the molecule is O=C(O)COCCc1ccc(C2CCCC(Oc3ccc(F)cc3)C2)cc1.